The largest absolute Gasteiger partial charge is 0.493 e. The van der Waals surface area contributed by atoms with Crippen molar-refractivity contribution in [2.24, 2.45) is 5.41 Å². The zero-order chi connectivity index (χ0) is 14.0. The summed E-state index contributed by atoms with van der Waals surface area (Å²) in [6.45, 7) is 5.37. The van der Waals surface area contributed by atoms with Crippen LogP contribution in [0.5, 0.6) is 11.5 Å². The van der Waals surface area contributed by atoms with Gasteiger partial charge in [0.05, 0.1) is 20.8 Å². The molecule has 0 aliphatic carbocycles. The van der Waals surface area contributed by atoms with E-state index in [0.29, 0.717) is 18.0 Å². The number of nitrogens with zero attached hydrogens (tertiary/aromatic N) is 1. The summed E-state index contributed by atoms with van der Waals surface area (Å²) in [5.41, 5.74) is 0.800. The molecular formula is C15H21NO3. The molecule has 0 unspecified atom stereocenters. The first kappa shape index (κ1) is 13.7. The highest BCUT2D eigenvalue weighted by Crippen LogP contribution is 2.34. The highest BCUT2D eigenvalue weighted by atomic mass is 16.5. The standard InChI is InChI=1S/C15H21NO3/c1-15(2)7-8-16(10-14(15)17)11-5-6-12(18-3)13(9-11)19-4/h5-6,9H,7-8,10H2,1-4H3. The predicted octanol–water partition coefficient (Wildman–Crippen LogP) is 2.51. The van der Waals surface area contributed by atoms with Gasteiger partial charge >= 0.3 is 0 Å². The third kappa shape index (κ3) is 2.67. The molecule has 1 fully saturated rings. The molecular weight excluding hydrogens is 242 g/mol. The number of rotatable bonds is 3. The van der Waals surface area contributed by atoms with Crippen LogP contribution in [-0.4, -0.2) is 33.1 Å². The van der Waals surface area contributed by atoms with E-state index in [1.54, 1.807) is 14.2 Å². The Hall–Kier alpha value is -1.71. The molecule has 1 saturated heterocycles. The van der Waals surface area contributed by atoms with E-state index in [-0.39, 0.29) is 11.2 Å². The topological polar surface area (TPSA) is 38.8 Å². The van der Waals surface area contributed by atoms with Crippen molar-refractivity contribution >= 4 is 11.5 Å². The first-order chi connectivity index (χ1) is 8.97. The van der Waals surface area contributed by atoms with Crippen LogP contribution in [0.4, 0.5) is 5.69 Å². The number of piperidine rings is 1. The number of anilines is 1. The number of Topliss-reactive ketones (excluding diaryl/α,β-unsaturated/α-hetero) is 1. The number of methoxy groups -OCH3 is 2. The summed E-state index contributed by atoms with van der Waals surface area (Å²) >= 11 is 0. The number of ketones is 1. The first-order valence-corrected chi connectivity index (χ1v) is 6.48. The molecule has 0 saturated carbocycles. The molecule has 4 nitrogen and oxygen atoms in total. The number of hydrogen-bond acceptors (Lipinski definition) is 4. The van der Waals surface area contributed by atoms with Crippen molar-refractivity contribution in [1.29, 1.82) is 0 Å². The Morgan fingerprint density at radius 3 is 2.42 bits per heavy atom. The molecule has 1 heterocycles. The summed E-state index contributed by atoms with van der Waals surface area (Å²) in [6.07, 6.45) is 0.875. The maximum absolute atomic E-state index is 12.1. The molecule has 0 N–H and O–H groups in total. The minimum absolute atomic E-state index is 0.201. The fraction of sp³-hybridized carbons (Fsp3) is 0.533. The van der Waals surface area contributed by atoms with Gasteiger partial charge in [-0.2, -0.15) is 0 Å². The van der Waals surface area contributed by atoms with E-state index >= 15 is 0 Å². The van der Waals surface area contributed by atoms with Gasteiger partial charge in [0.1, 0.15) is 0 Å². The van der Waals surface area contributed by atoms with Gasteiger partial charge in [0.25, 0.3) is 0 Å². The second-order valence-corrected chi connectivity index (χ2v) is 5.52. The highest BCUT2D eigenvalue weighted by Gasteiger charge is 2.33. The van der Waals surface area contributed by atoms with Crippen molar-refractivity contribution in [3.8, 4) is 11.5 Å². The first-order valence-electron chi connectivity index (χ1n) is 6.48. The van der Waals surface area contributed by atoms with E-state index in [1.165, 1.54) is 0 Å². The van der Waals surface area contributed by atoms with E-state index in [9.17, 15) is 4.79 Å². The fourth-order valence-electron chi connectivity index (χ4n) is 2.26. The van der Waals surface area contributed by atoms with Gasteiger partial charge in [0.15, 0.2) is 17.3 Å². The molecule has 0 bridgehead atoms. The van der Waals surface area contributed by atoms with E-state index in [4.69, 9.17) is 9.47 Å². The fourth-order valence-corrected chi connectivity index (χ4v) is 2.26. The molecule has 0 radical (unpaired) electrons. The summed E-state index contributed by atoms with van der Waals surface area (Å²) in [6, 6.07) is 5.76. The van der Waals surface area contributed by atoms with Gasteiger partial charge in [-0.05, 0) is 18.6 Å². The lowest BCUT2D eigenvalue weighted by Crippen LogP contribution is -2.45. The second-order valence-electron chi connectivity index (χ2n) is 5.52. The molecule has 0 atom stereocenters. The van der Waals surface area contributed by atoms with Crippen molar-refractivity contribution < 1.29 is 14.3 Å². The highest BCUT2D eigenvalue weighted by molar-refractivity contribution is 5.89. The molecule has 2 rings (SSSR count). The van der Waals surface area contributed by atoms with E-state index < -0.39 is 0 Å². The molecule has 1 aliphatic heterocycles. The molecule has 1 aromatic carbocycles. The van der Waals surface area contributed by atoms with Crippen LogP contribution in [-0.2, 0) is 4.79 Å². The van der Waals surface area contributed by atoms with Crippen molar-refractivity contribution in [3.05, 3.63) is 18.2 Å². The monoisotopic (exact) mass is 263 g/mol. The van der Waals surface area contributed by atoms with Gasteiger partial charge in [-0.1, -0.05) is 13.8 Å². The lowest BCUT2D eigenvalue weighted by atomic mass is 9.81. The zero-order valence-corrected chi connectivity index (χ0v) is 12.0. The number of hydrogen-bond donors (Lipinski definition) is 0. The number of benzene rings is 1. The Morgan fingerprint density at radius 1 is 1.16 bits per heavy atom. The minimum Gasteiger partial charge on any atom is -0.493 e. The summed E-state index contributed by atoms with van der Waals surface area (Å²) in [5.74, 6) is 1.68. The zero-order valence-electron chi connectivity index (χ0n) is 12.0. The summed E-state index contributed by atoms with van der Waals surface area (Å²) in [7, 11) is 3.23. The quantitative estimate of drug-likeness (QED) is 0.840. The molecule has 0 aromatic heterocycles. The smallest absolute Gasteiger partial charge is 0.162 e. The van der Waals surface area contributed by atoms with Crippen LogP contribution in [0.3, 0.4) is 0 Å². The molecule has 0 amide bonds. The summed E-state index contributed by atoms with van der Waals surface area (Å²) in [5, 5.41) is 0. The summed E-state index contributed by atoms with van der Waals surface area (Å²) in [4.78, 5) is 14.2. The van der Waals surface area contributed by atoms with Gasteiger partial charge in [0, 0.05) is 23.7 Å². The molecule has 4 heteroatoms. The normalized spacial score (nSPS) is 18.3. The Kier molecular flexibility index (Phi) is 3.69. The van der Waals surface area contributed by atoms with Gasteiger partial charge in [0.2, 0.25) is 0 Å². The minimum atomic E-state index is -0.201. The van der Waals surface area contributed by atoms with Crippen molar-refractivity contribution in [1.82, 2.24) is 0 Å². The van der Waals surface area contributed by atoms with Crippen LogP contribution >= 0.6 is 0 Å². The lowest BCUT2D eigenvalue weighted by Gasteiger charge is -2.36. The maximum Gasteiger partial charge on any atom is 0.162 e. The third-order valence-electron chi connectivity index (χ3n) is 3.83. The molecule has 0 spiro atoms. The van der Waals surface area contributed by atoms with Gasteiger partial charge in [-0.3, -0.25) is 4.79 Å². The Labute approximate surface area is 114 Å². The van der Waals surface area contributed by atoms with Crippen LogP contribution in [0.2, 0.25) is 0 Å². The van der Waals surface area contributed by atoms with E-state index in [1.807, 2.05) is 32.0 Å². The van der Waals surface area contributed by atoms with Crippen LogP contribution in [0.25, 0.3) is 0 Å². The van der Waals surface area contributed by atoms with Crippen molar-refractivity contribution in [3.63, 3.8) is 0 Å². The average molecular weight is 263 g/mol. The average Bonchev–Trinajstić information content (AvgIpc) is 2.41. The number of carbonyl (C=O) groups excluding carboxylic acids is 1. The molecule has 104 valence electrons. The molecule has 1 aromatic rings. The van der Waals surface area contributed by atoms with Gasteiger partial charge in [-0.15, -0.1) is 0 Å². The summed E-state index contributed by atoms with van der Waals surface area (Å²) < 4.78 is 10.5. The van der Waals surface area contributed by atoms with Crippen LogP contribution < -0.4 is 14.4 Å². The Balaban J connectivity index is 2.22. The van der Waals surface area contributed by atoms with Gasteiger partial charge < -0.3 is 14.4 Å². The lowest BCUT2D eigenvalue weighted by molar-refractivity contribution is -0.127. The van der Waals surface area contributed by atoms with E-state index in [2.05, 4.69) is 4.90 Å². The number of ether oxygens (including phenoxy) is 2. The van der Waals surface area contributed by atoms with Crippen LogP contribution in [0.1, 0.15) is 20.3 Å². The SMILES string of the molecule is COc1ccc(N2CCC(C)(C)C(=O)C2)cc1OC. The van der Waals surface area contributed by atoms with Crippen LogP contribution in [0.15, 0.2) is 18.2 Å². The van der Waals surface area contributed by atoms with Crippen molar-refractivity contribution in [2.75, 3.05) is 32.2 Å². The third-order valence-corrected chi connectivity index (χ3v) is 3.83. The molecule has 19 heavy (non-hydrogen) atoms. The maximum atomic E-state index is 12.1. The van der Waals surface area contributed by atoms with Gasteiger partial charge in [-0.25, -0.2) is 0 Å². The Bertz CT molecular complexity index is 482. The molecule has 1 aliphatic rings. The number of carbonyl (C=O) groups is 1. The second kappa shape index (κ2) is 5.11. The predicted molar refractivity (Wildman–Crippen MR) is 75.2 cm³/mol. The Morgan fingerprint density at radius 2 is 1.84 bits per heavy atom. The van der Waals surface area contributed by atoms with Crippen LogP contribution in [0, 0.1) is 5.41 Å². The van der Waals surface area contributed by atoms with E-state index in [0.717, 1.165) is 18.7 Å². The van der Waals surface area contributed by atoms with Crippen molar-refractivity contribution in [2.45, 2.75) is 20.3 Å².